The highest BCUT2D eigenvalue weighted by Crippen LogP contribution is 2.32. The molecular weight excluding hydrogens is 288 g/mol. The van der Waals surface area contributed by atoms with Gasteiger partial charge in [0.1, 0.15) is 17.1 Å². The fourth-order valence-corrected chi connectivity index (χ4v) is 2.40. The first-order valence-electron chi connectivity index (χ1n) is 7.01. The van der Waals surface area contributed by atoms with Gasteiger partial charge in [-0.15, -0.1) is 0 Å². The standard InChI is InChI=1S/C15H16N2O5/c1-9-12(14(19)21-2)7-11(22-9)8-17-13(18)5-6-16(15(17)20)10-3-4-10/h5-7,10H,3-4,8H2,1-2H3. The van der Waals surface area contributed by atoms with E-state index < -0.39 is 11.5 Å². The zero-order valence-electron chi connectivity index (χ0n) is 12.4. The topological polar surface area (TPSA) is 83.4 Å². The minimum atomic E-state index is -0.511. The summed E-state index contributed by atoms with van der Waals surface area (Å²) in [4.78, 5) is 35.9. The summed E-state index contributed by atoms with van der Waals surface area (Å²) in [7, 11) is 1.28. The van der Waals surface area contributed by atoms with Gasteiger partial charge in [-0.1, -0.05) is 0 Å². The van der Waals surface area contributed by atoms with E-state index in [-0.39, 0.29) is 18.3 Å². The van der Waals surface area contributed by atoms with E-state index in [0.29, 0.717) is 17.1 Å². The van der Waals surface area contributed by atoms with Gasteiger partial charge in [0.15, 0.2) is 0 Å². The highest BCUT2D eigenvalue weighted by atomic mass is 16.5. The number of carbonyl (C=O) groups is 1. The Morgan fingerprint density at radius 1 is 1.41 bits per heavy atom. The minimum absolute atomic E-state index is 0.0109. The lowest BCUT2D eigenvalue weighted by atomic mass is 10.2. The van der Waals surface area contributed by atoms with Crippen molar-refractivity contribution < 1.29 is 13.9 Å². The van der Waals surface area contributed by atoms with Gasteiger partial charge in [0, 0.05) is 18.3 Å². The summed E-state index contributed by atoms with van der Waals surface area (Å²) in [5.74, 6) is 0.252. The second-order valence-electron chi connectivity index (χ2n) is 5.34. The van der Waals surface area contributed by atoms with Crippen molar-refractivity contribution in [1.29, 1.82) is 0 Å². The van der Waals surface area contributed by atoms with E-state index in [2.05, 4.69) is 4.74 Å². The van der Waals surface area contributed by atoms with E-state index in [1.807, 2.05) is 0 Å². The second-order valence-corrected chi connectivity index (χ2v) is 5.34. The molecule has 1 aliphatic carbocycles. The number of hydrogen-bond acceptors (Lipinski definition) is 5. The molecule has 0 N–H and O–H groups in total. The molecule has 0 spiro atoms. The largest absolute Gasteiger partial charge is 0.465 e. The average Bonchev–Trinajstić information content (AvgIpc) is 3.26. The van der Waals surface area contributed by atoms with E-state index in [0.717, 1.165) is 17.4 Å². The smallest absolute Gasteiger partial charge is 0.341 e. The Balaban J connectivity index is 1.97. The van der Waals surface area contributed by atoms with Crippen LogP contribution in [-0.4, -0.2) is 22.2 Å². The number of aryl methyl sites for hydroxylation is 1. The fourth-order valence-electron chi connectivity index (χ4n) is 2.40. The van der Waals surface area contributed by atoms with Crippen molar-refractivity contribution in [3.63, 3.8) is 0 Å². The van der Waals surface area contributed by atoms with Crippen LogP contribution in [0.3, 0.4) is 0 Å². The molecule has 7 heteroatoms. The first-order chi connectivity index (χ1) is 10.5. The zero-order chi connectivity index (χ0) is 15.9. The summed E-state index contributed by atoms with van der Waals surface area (Å²) in [5.41, 5.74) is -0.455. The van der Waals surface area contributed by atoms with Gasteiger partial charge < -0.3 is 9.15 Å². The SMILES string of the molecule is COC(=O)c1cc(Cn2c(=O)ccn(C3CC3)c2=O)oc1C. The van der Waals surface area contributed by atoms with Crippen molar-refractivity contribution in [1.82, 2.24) is 9.13 Å². The molecule has 1 saturated carbocycles. The van der Waals surface area contributed by atoms with Crippen LogP contribution in [0.4, 0.5) is 0 Å². The normalized spacial score (nSPS) is 14.1. The van der Waals surface area contributed by atoms with Crippen molar-refractivity contribution in [2.45, 2.75) is 32.4 Å². The molecule has 0 bridgehead atoms. The molecule has 0 aliphatic heterocycles. The number of carbonyl (C=O) groups excluding carboxylic acids is 1. The Labute approximate surface area is 125 Å². The van der Waals surface area contributed by atoms with Gasteiger partial charge in [-0.3, -0.25) is 13.9 Å². The minimum Gasteiger partial charge on any atom is -0.465 e. The summed E-state index contributed by atoms with van der Waals surface area (Å²) < 4.78 is 12.8. The van der Waals surface area contributed by atoms with E-state index >= 15 is 0 Å². The summed E-state index contributed by atoms with van der Waals surface area (Å²) in [6.45, 7) is 1.62. The number of furan rings is 1. The summed E-state index contributed by atoms with van der Waals surface area (Å²) in [6, 6.07) is 3.06. The summed E-state index contributed by atoms with van der Waals surface area (Å²) in [5, 5.41) is 0. The highest BCUT2D eigenvalue weighted by Gasteiger charge is 2.25. The third-order valence-corrected chi connectivity index (χ3v) is 3.72. The molecule has 2 aromatic heterocycles. The van der Waals surface area contributed by atoms with E-state index in [4.69, 9.17) is 4.42 Å². The number of aromatic nitrogens is 2. The van der Waals surface area contributed by atoms with Gasteiger partial charge >= 0.3 is 11.7 Å². The van der Waals surface area contributed by atoms with Gasteiger partial charge in [0.05, 0.1) is 13.7 Å². The van der Waals surface area contributed by atoms with Crippen LogP contribution in [0.25, 0.3) is 0 Å². The molecule has 0 aromatic carbocycles. The Bertz CT molecular complexity index is 838. The van der Waals surface area contributed by atoms with E-state index in [1.54, 1.807) is 11.5 Å². The maximum absolute atomic E-state index is 12.3. The number of methoxy groups -OCH3 is 1. The predicted molar refractivity (Wildman–Crippen MR) is 77.1 cm³/mol. The fraction of sp³-hybridized carbons (Fsp3) is 0.400. The first kappa shape index (κ1) is 14.4. The number of rotatable bonds is 4. The van der Waals surface area contributed by atoms with Gasteiger partial charge in [0.2, 0.25) is 0 Å². The van der Waals surface area contributed by atoms with Crippen molar-refractivity contribution in [2.24, 2.45) is 0 Å². The molecule has 22 heavy (non-hydrogen) atoms. The van der Waals surface area contributed by atoms with Crippen LogP contribution >= 0.6 is 0 Å². The first-order valence-corrected chi connectivity index (χ1v) is 7.01. The third-order valence-electron chi connectivity index (χ3n) is 3.72. The molecule has 0 amide bonds. The third kappa shape index (κ3) is 2.49. The quantitative estimate of drug-likeness (QED) is 0.789. The molecule has 2 aromatic rings. The summed E-state index contributed by atoms with van der Waals surface area (Å²) in [6.07, 6.45) is 3.43. The molecule has 0 atom stereocenters. The second kappa shape index (κ2) is 5.32. The van der Waals surface area contributed by atoms with Crippen LogP contribution < -0.4 is 11.2 Å². The van der Waals surface area contributed by atoms with E-state index in [9.17, 15) is 14.4 Å². The molecule has 1 fully saturated rings. The lowest BCUT2D eigenvalue weighted by Crippen LogP contribution is -2.38. The summed E-state index contributed by atoms with van der Waals surface area (Å²) >= 11 is 0. The number of ether oxygens (including phenoxy) is 1. The van der Waals surface area contributed by atoms with E-state index in [1.165, 1.54) is 25.4 Å². The molecule has 0 unspecified atom stereocenters. The molecule has 0 saturated heterocycles. The maximum atomic E-state index is 12.3. The van der Waals surface area contributed by atoms with Crippen molar-refractivity contribution in [3.8, 4) is 0 Å². The van der Waals surface area contributed by atoms with Crippen molar-refractivity contribution in [2.75, 3.05) is 7.11 Å². The molecule has 0 radical (unpaired) electrons. The van der Waals surface area contributed by atoms with Gasteiger partial charge in [-0.05, 0) is 25.8 Å². The Morgan fingerprint density at radius 2 is 2.14 bits per heavy atom. The molecule has 1 aliphatic rings. The number of hydrogen-bond donors (Lipinski definition) is 0. The molecule has 116 valence electrons. The Kier molecular flexibility index (Phi) is 3.48. The van der Waals surface area contributed by atoms with Crippen LogP contribution in [0.2, 0.25) is 0 Å². The lowest BCUT2D eigenvalue weighted by molar-refractivity contribution is 0.0599. The Morgan fingerprint density at radius 3 is 2.77 bits per heavy atom. The van der Waals surface area contributed by atoms with Crippen LogP contribution in [-0.2, 0) is 11.3 Å². The zero-order valence-corrected chi connectivity index (χ0v) is 12.4. The van der Waals surface area contributed by atoms with Gasteiger partial charge in [0.25, 0.3) is 5.56 Å². The Hall–Kier alpha value is -2.57. The van der Waals surface area contributed by atoms with Crippen molar-refractivity contribution in [3.05, 3.63) is 56.3 Å². The van der Waals surface area contributed by atoms with Crippen molar-refractivity contribution >= 4 is 5.97 Å². The van der Waals surface area contributed by atoms with Crippen LogP contribution in [0.15, 0.2) is 32.3 Å². The molecule has 2 heterocycles. The monoisotopic (exact) mass is 304 g/mol. The molecule has 3 rings (SSSR count). The lowest BCUT2D eigenvalue weighted by Gasteiger charge is -2.07. The highest BCUT2D eigenvalue weighted by molar-refractivity contribution is 5.90. The number of nitrogens with zero attached hydrogens (tertiary/aromatic N) is 2. The van der Waals surface area contributed by atoms with Crippen LogP contribution in [0.5, 0.6) is 0 Å². The average molecular weight is 304 g/mol. The predicted octanol–water partition coefficient (Wildman–Crippen LogP) is 1.08. The van der Waals surface area contributed by atoms with Crippen LogP contribution in [0, 0.1) is 6.92 Å². The maximum Gasteiger partial charge on any atom is 0.341 e. The van der Waals surface area contributed by atoms with Gasteiger partial charge in [-0.25, -0.2) is 9.59 Å². The van der Waals surface area contributed by atoms with Gasteiger partial charge in [-0.2, -0.15) is 0 Å². The molecular formula is C15H16N2O5. The number of esters is 1. The van der Waals surface area contributed by atoms with Crippen LogP contribution in [0.1, 0.15) is 40.8 Å². The molecule has 7 nitrogen and oxygen atoms in total.